The zero-order valence-electron chi connectivity index (χ0n) is 15.6. The first-order valence-electron chi connectivity index (χ1n) is 9.48. The van der Waals surface area contributed by atoms with Gasteiger partial charge in [-0.2, -0.15) is 9.40 Å². The molecule has 6 nitrogen and oxygen atoms in total. The molecule has 0 amide bonds. The standard InChI is InChI=1S/C19H25FN4O2S/c1-12(2)13-5-7-16(8-6-13)27(25,26)24-10-15(9-20)17(11-24)19-21-18(22-23-19)14-3-4-14/h5-8,12,14-15,17H,3-4,9-11H2,1-2H3,(H,21,22,23). The van der Waals surface area contributed by atoms with E-state index < -0.39 is 22.6 Å². The largest absolute Gasteiger partial charge is 0.263 e. The molecular weight excluding hydrogens is 367 g/mol. The van der Waals surface area contributed by atoms with Crippen LogP contribution in [0.25, 0.3) is 0 Å². The number of sulfonamides is 1. The molecule has 2 unspecified atom stereocenters. The highest BCUT2D eigenvalue weighted by Gasteiger charge is 2.42. The number of rotatable bonds is 6. The van der Waals surface area contributed by atoms with Gasteiger partial charge in [0, 0.05) is 30.8 Å². The number of aromatic amines is 1. The summed E-state index contributed by atoms with van der Waals surface area (Å²) in [4.78, 5) is 4.77. The third-order valence-corrected chi connectivity index (χ3v) is 7.45. The maximum atomic E-state index is 13.6. The summed E-state index contributed by atoms with van der Waals surface area (Å²) in [5, 5.41) is 7.15. The highest BCUT2D eigenvalue weighted by Crippen LogP contribution is 2.40. The Balaban J connectivity index is 1.56. The van der Waals surface area contributed by atoms with Gasteiger partial charge >= 0.3 is 0 Å². The molecule has 2 aliphatic rings. The Kier molecular flexibility index (Phi) is 4.80. The average Bonchev–Trinajstić information content (AvgIpc) is 3.22. The van der Waals surface area contributed by atoms with Crippen LogP contribution in [-0.2, 0) is 10.0 Å². The molecule has 4 rings (SSSR count). The molecule has 27 heavy (non-hydrogen) atoms. The molecule has 1 saturated carbocycles. The Morgan fingerprint density at radius 1 is 1.22 bits per heavy atom. The van der Waals surface area contributed by atoms with Crippen molar-refractivity contribution in [2.24, 2.45) is 5.92 Å². The Morgan fingerprint density at radius 2 is 1.93 bits per heavy atom. The molecule has 8 heteroatoms. The van der Waals surface area contributed by atoms with Crippen molar-refractivity contribution in [3.63, 3.8) is 0 Å². The molecule has 2 fully saturated rings. The van der Waals surface area contributed by atoms with Crippen molar-refractivity contribution in [1.29, 1.82) is 0 Å². The van der Waals surface area contributed by atoms with Crippen LogP contribution in [0, 0.1) is 5.92 Å². The normalized spacial score (nSPS) is 24.0. The van der Waals surface area contributed by atoms with Gasteiger partial charge in [-0.25, -0.2) is 13.4 Å². The molecule has 1 aromatic heterocycles. The van der Waals surface area contributed by atoms with Gasteiger partial charge in [-0.1, -0.05) is 26.0 Å². The molecule has 146 valence electrons. The predicted molar refractivity (Wildman–Crippen MR) is 99.9 cm³/mol. The Morgan fingerprint density at radius 3 is 2.52 bits per heavy atom. The fraction of sp³-hybridized carbons (Fsp3) is 0.579. The molecule has 2 heterocycles. The smallest absolute Gasteiger partial charge is 0.243 e. The van der Waals surface area contributed by atoms with E-state index >= 15 is 0 Å². The lowest BCUT2D eigenvalue weighted by Crippen LogP contribution is -2.29. The first kappa shape index (κ1) is 18.6. The average molecular weight is 393 g/mol. The number of hydrogen-bond acceptors (Lipinski definition) is 4. The third kappa shape index (κ3) is 3.52. The molecule has 0 bridgehead atoms. The Labute approximate surface area is 159 Å². The van der Waals surface area contributed by atoms with Crippen LogP contribution in [-0.4, -0.2) is 47.7 Å². The summed E-state index contributed by atoms with van der Waals surface area (Å²) in [6, 6.07) is 6.97. The molecule has 1 aliphatic heterocycles. The van der Waals surface area contributed by atoms with E-state index in [0.717, 1.165) is 24.2 Å². The Hall–Kier alpha value is -1.80. The summed E-state index contributed by atoms with van der Waals surface area (Å²) in [7, 11) is -3.66. The minimum absolute atomic E-state index is 0.162. The Bertz CT molecular complexity index is 906. The van der Waals surface area contributed by atoms with Gasteiger partial charge in [0.05, 0.1) is 11.6 Å². The van der Waals surface area contributed by atoms with Gasteiger partial charge in [-0.15, -0.1) is 0 Å². The van der Waals surface area contributed by atoms with E-state index in [1.54, 1.807) is 12.1 Å². The number of H-pyrrole nitrogens is 1. The second kappa shape index (κ2) is 6.98. The molecule has 0 spiro atoms. The van der Waals surface area contributed by atoms with Crippen molar-refractivity contribution in [3.8, 4) is 0 Å². The van der Waals surface area contributed by atoms with Gasteiger partial charge in [0.15, 0.2) is 5.82 Å². The van der Waals surface area contributed by atoms with Gasteiger partial charge in [-0.3, -0.25) is 9.49 Å². The quantitative estimate of drug-likeness (QED) is 0.819. The molecule has 1 aliphatic carbocycles. The lowest BCUT2D eigenvalue weighted by atomic mass is 9.97. The number of nitrogens with zero attached hydrogens (tertiary/aromatic N) is 3. The maximum Gasteiger partial charge on any atom is 0.243 e. The minimum Gasteiger partial charge on any atom is -0.263 e. The number of halogens is 1. The summed E-state index contributed by atoms with van der Waals surface area (Å²) in [5.41, 5.74) is 1.09. The second-order valence-electron chi connectivity index (χ2n) is 7.92. The van der Waals surface area contributed by atoms with Crippen molar-refractivity contribution >= 4 is 10.0 Å². The van der Waals surface area contributed by atoms with Crippen LogP contribution in [0.4, 0.5) is 4.39 Å². The first-order valence-corrected chi connectivity index (χ1v) is 10.9. The lowest BCUT2D eigenvalue weighted by molar-refractivity contribution is 0.346. The van der Waals surface area contributed by atoms with Gasteiger partial charge in [0.2, 0.25) is 10.0 Å². The number of alkyl halides is 1. The fourth-order valence-electron chi connectivity index (χ4n) is 3.65. The SMILES string of the molecule is CC(C)c1ccc(S(=O)(=O)N2CC(CF)C(c3nc(C4CC4)n[nH]3)C2)cc1. The predicted octanol–water partition coefficient (Wildman–Crippen LogP) is 3.18. The van der Waals surface area contributed by atoms with E-state index in [-0.39, 0.29) is 23.9 Å². The van der Waals surface area contributed by atoms with E-state index in [2.05, 4.69) is 29.0 Å². The summed E-state index contributed by atoms with van der Waals surface area (Å²) >= 11 is 0. The highest BCUT2D eigenvalue weighted by molar-refractivity contribution is 7.89. The number of aromatic nitrogens is 3. The van der Waals surface area contributed by atoms with Crippen molar-refractivity contribution in [1.82, 2.24) is 19.5 Å². The van der Waals surface area contributed by atoms with Crippen molar-refractivity contribution in [2.45, 2.75) is 49.3 Å². The third-order valence-electron chi connectivity index (χ3n) is 5.60. The van der Waals surface area contributed by atoms with Crippen molar-refractivity contribution in [3.05, 3.63) is 41.5 Å². The van der Waals surface area contributed by atoms with Crippen LogP contribution < -0.4 is 0 Å². The number of benzene rings is 1. The summed E-state index contributed by atoms with van der Waals surface area (Å²) < 4.78 is 41.1. The first-order chi connectivity index (χ1) is 12.9. The van der Waals surface area contributed by atoms with E-state index in [4.69, 9.17) is 0 Å². The fourth-order valence-corrected chi connectivity index (χ4v) is 5.17. The van der Waals surface area contributed by atoms with E-state index in [1.807, 2.05) is 12.1 Å². The number of nitrogens with one attached hydrogen (secondary N) is 1. The van der Waals surface area contributed by atoms with E-state index in [1.165, 1.54) is 4.31 Å². The monoisotopic (exact) mass is 392 g/mol. The van der Waals surface area contributed by atoms with Crippen LogP contribution >= 0.6 is 0 Å². The molecule has 1 aromatic carbocycles. The maximum absolute atomic E-state index is 13.6. The van der Waals surface area contributed by atoms with Gasteiger partial charge < -0.3 is 0 Å². The van der Waals surface area contributed by atoms with Crippen molar-refractivity contribution in [2.75, 3.05) is 19.8 Å². The molecule has 2 aromatic rings. The topological polar surface area (TPSA) is 79.0 Å². The number of hydrogen-bond donors (Lipinski definition) is 1. The minimum atomic E-state index is -3.66. The van der Waals surface area contributed by atoms with Crippen LogP contribution in [0.1, 0.15) is 61.7 Å². The molecule has 1 saturated heterocycles. The molecule has 1 N–H and O–H groups in total. The lowest BCUT2D eigenvalue weighted by Gasteiger charge is -2.17. The van der Waals surface area contributed by atoms with E-state index in [0.29, 0.717) is 17.7 Å². The molecular formula is C19H25FN4O2S. The summed E-state index contributed by atoms with van der Waals surface area (Å²) in [5.74, 6) is 1.41. The zero-order valence-corrected chi connectivity index (χ0v) is 16.4. The van der Waals surface area contributed by atoms with Gasteiger partial charge in [0.25, 0.3) is 0 Å². The van der Waals surface area contributed by atoms with Crippen LogP contribution in [0.5, 0.6) is 0 Å². The molecule has 2 atom stereocenters. The van der Waals surface area contributed by atoms with Crippen molar-refractivity contribution < 1.29 is 12.8 Å². The van der Waals surface area contributed by atoms with Crippen LogP contribution in [0.2, 0.25) is 0 Å². The zero-order chi connectivity index (χ0) is 19.2. The van der Waals surface area contributed by atoms with Gasteiger partial charge in [-0.05, 0) is 36.5 Å². The van der Waals surface area contributed by atoms with Crippen LogP contribution in [0.15, 0.2) is 29.2 Å². The second-order valence-corrected chi connectivity index (χ2v) is 9.86. The summed E-state index contributed by atoms with van der Waals surface area (Å²) in [6.07, 6.45) is 2.17. The van der Waals surface area contributed by atoms with E-state index in [9.17, 15) is 12.8 Å². The van der Waals surface area contributed by atoms with Gasteiger partial charge in [0.1, 0.15) is 5.82 Å². The van der Waals surface area contributed by atoms with Crippen LogP contribution in [0.3, 0.4) is 0 Å². The molecule has 0 radical (unpaired) electrons. The highest BCUT2D eigenvalue weighted by atomic mass is 32.2. The summed E-state index contributed by atoms with van der Waals surface area (Å²) in [6.45, 7) is 3.93.